The van der Waals surface area contributed by atoms with Crippen molar-refractivity contribution < 1.29 is 32.2 Å². The number of piperidine rings is 1. The van der Waals surface area contributed by atoms with Gasteiger partial charge in [-0.3, -0.25) is 14.6 Å². The van der Waals surface area contributed by atoms with Gasteiger partial charge >= 0.3 is 12.1 Å². The predicted octanol–water partition coefficient (Wildman–Crippen LogP) is 1.61. The zero-order valence-electron chi connectivity index (χ0n) is 17.0. The van der Waals surface area contributed by atoms with Crippen LogP contribution in [0.25, 0.3) is 0 Å². The molecule has 0 amide bonds. The third kappa shape index (κ3) is 6.30. The minimum Gasteiger partial charge on any atom is -0.462 e. The molecule has 13 heteroatoms. The van der Waals surface area contributed by atoms with Crippen LogP contribution in [0.15, 0.2) is 16.8 Å². The van der Waals surface area contributed by atoms with Crippen molar-refractivity contribution in [1.29, 1.82) is 0 Å². The number of nitrogen functional groups attached to an aromatic ring is 1. The fourth-order valence-electron chi connectivity index (χ4n) is 2.78. The number of nitrogens with two attached hydrogens (primary N) is 2. The van der Waals surface area contributed by atoms with Gasteiger partial charge in [-0.2, -0.15) is 23.1 Å². The van der Waals surface area contributed by atoms with Crippen molar-refractivity contribution >= 4 is 29.9 Å². The van der Waals surface area contributed by atoms with Gasteiger partial charge in [0, 0.05) is 45.5 Å². The van der Waals surface area contributed by atoms with Crippen LogP contribution in [0.3, 0.4) is 0 Å². The highest BCUT2D eigenvalue weighted by Crippen LogP contribution is 2.29. The number of carbonyl (C=O) groups excluding carboxylic acids is 2. The molecule has 2 rings (SSSR count). The minimum atomic E-state index is -4.78. The van der Waals surface area contributed by atoms with Gasteiger partial charge in [-0.15, -0.1) is 0 Å². The van der Waals surface area contributed by atoms with Gasteiger partial charge in [0.15, 0.2) is 6.29 Å². The first-order chi connectivity index (χ1) is 14.6. The van der Waals surface area contributed by atoms with E-state index in [0.29, 0.717) is 38.3 Å². The third-order valence-corrected chi connectivity index (χ3v) is 4.38. The smallest absolute Gasteiger partial charge is 0.430 e. The normalized spacial score (nSPS) is 16.2. The van der Waals surface area contributed by atoms with E-state index in [9.17, 15) is 22.8 Å². The van der Waals surface area contributed by atoms with Crippen molar-refractivity contribution in [2.45, 2.75) is 38.5 Å². The summed E-state index contributed by atoms with van der Waals surface area (Å²) in [6.07, 6.45) is -2.89. The molecule has 10 nitrogen and oxygen atoms in total. The summed E-state index contributed by atoms with van der Waals surface area (Å²) in [5, 5.41) is 0. The Bertz CT molecular complexity index is 880. The number of halogens is 3. The highest BCUT2D eigenvalue weighted by molar-refractivity contribution is 5.93. The van der Waals surface area contributed by atoms with Crippen LogP contribution >= 0.6 is 0 Å². The van der Waals surface area contributed by atoms with Crippen LogP contribution in [0.2, 0.25) is 0 Å². The Hall–Kier alpha value is -3.38. The van der Waals surface area contributed by atoms with E-state index >= 15 is 0 Å². The van der Waals surface area contributed by atoms with Crippen molar-refractivity contribution in [2.75, 3.05) is 30.8 Å². The molecule has 31 heavy (non-hydrogen) atoms. The molecule has 0 saturated carbocycles. The number of rotatable bonds is 6. The van der Waals surface area contributed by atoms with E-state index in [2.05, 4.69) is 15.0 Å². The first-order valence-electron chi connectivity index (χ1n) is 9.35. The molecule has 0 unspecified atom stereocenters. The first-order valence-corrected chi connectivity index (χ1v) is 9.35. The third-order valence-electron chi connectivity index (χ3n) is 4.38. The van der Waals surface area contributed by atoms with Gasteiger partial charge in [0.25, 0.3) is 0 Å². The summed E-state index contributed by atoms with van der Waals surface area (Å²) in [4.78, 5) is 36.4. The number of anilines is 2. The molecule has 0 bridgehead atoms. The van der Waals surface area contributed by atoms with Crippen LogP contribution < -0.4 is 21.1 Å². The van der Waals surface area contributed by atoms with E-state index in [4.69, 9.17) is 20.9 Å². The van der Waals surface area contributed by atoms with E-state index in [1.807, 2.05) is 0 Å². The minimum absolute atomic E-state index is 0.113. The van der Waals surface area contributed by atoms with Gasteiger partial charge in [-0.25, -0.2) is 0 Å². The van der Waals surface area contributed by atoms with Crippen LogP contribution in [0.4, 0.5) is 24.9 Å². The zero-order chi connectivity index (χ0) is 23.2. The van der Waals surface area contributed by atoms with Crippen LogP contribution in [-0.4, -0.2) is 60.5 Å². The molecule has 0 atom stereocenters. The molecule has 1 saturated heterocycles. The molecule has 2 heterocycles. The molecule has 0 aromatic carbocycles. The van der Waals surface area contributed by atoms with Gasteiger partial charge in [0.05, 0.1) is 0 Å². The maximum atomic E-state index is 12.7. The van der Waals surface area contributed by atoms with Crippen molar-refractivity contribution in [2.24, 2.45) is 10.7 Å². The number of allylic oxidation sites excluding steroid dienone is 1. The van der Waals surface area contributed by atoms with Crippen molar-refractivity contribution in [3.63, 3.8) is 0 Å². The lowest BCUT2D eigenvalue weighted by atomic mass is 10.1. The van der Waals surface area contributed by atoms with Gasteiger partial charge in [0.2, 0.25) is 17.7 Å². The predicted molar refractivity (Wildman–Crippen MR) is 106 cm³/mol. The van der Waals surface area contributed by atoms with Gasteiger partial charge in [0.1, 0.15) is 23.2 Å². The first kappa shape index (κ1) is 23.9. The van der Waals surface area contributed by atoms with Gasteiger partial charge < -0.3 is 25.8 Å². The Morgan fingerprint density at radius 3 is 2.48 bits per heavy atom. The Morgan fingerprint density at radius 1 is 1.32 bits per heavy atom. The summed E-state index contributed by atoms with van der Waals surface area (Å²) >= 11 is 0. The molecule has 0 aliphatic carbocycles. The molecule has 0 spiro atoms. The van der Waals surface area contributed by atoms with E-state index < -0.39 is 17.8 Å². The second-order valence-electron chi connectivity index (χ2n) is 6.53. The zero-order valence-corrected chi connectivity index (χ0v) is 17.0. The van der Waals surface area contributed by atoms with E-state index in [-0.39, 0.29) is 41.7 Å². The summed E-state index contributed by atoms with van der Waals surface area (Å²) in [6.45, 7) is 2.49. The number of nitrogens with zero attached hydrogens (tertiary/aromatic N) is 4. The Morgan fingerprint density at radius 2 is 1.97 bits per heavy atom. The quantitative estimate of drug-likeness (QED) is 0.289. The molecule has 1 aliphatic heterocycles. The van der Waals surface area contributed by atoms with Crippen LogP contribution in [0.5, 0.6) is 5.88 Å². The topological polar surface area (TPSA) is 146 Å². The number of alkyl halides is 3. The van der Waals surface area contributed by atoms with Crippen LogP contribution in [0.1, 0.15) is 36.5 Å². The molecule has 1 aromatic heterocycles. The summed E-state index contributed by atoms with van der Waals surface area (Å²) < 4.78 is 48.7. The lowest BCUT2D eigenvalue weighted by molar-refractivity contribution is -0.149. The Kier molecular flexibility index (Phi) is 7.78. The van der Waals surface area contributed by atoms with Gasteiger partial charge in [-0.05, 0) is 0 Å². The van der Waals surface area contributed by atoms with Crippen LogP contribution in [-0.2, 0) is 9.53 Å². The Balaban J connectivity index is 2.27. The molecular formula is C18H23F3N6O4. The Labute approximate surface area is 176 Å². The highest BCUT2D eigenvalue weighted by atomic mass is 19.4. The highest BCUT2D eigenvalue weighted by Gasteiger charge is 2.32. The largest absolute Gasteiger partial charge is 0.462 e. The van der Waals surface area contributed by atoms with Gasteiger partial charge in [-0.1, -0.05) is 6.92 Å². The SMILES string of the molecule is CCC(=O)OC1CCN(c2nc(N)nc(OC(C=C(N)C(F)(F)F)=NC)c2C=O)CC1. The number of carbonyl (C=O) groups is 2. The average molecular weight is 444 g/mol. The fraction of sp³-hybridized carbons (Fsp3) is 0.500. The van der Waals surface area contributed by atoms with E-state index in [1.54, 1.807) is 11.8 Å². The molecule has 4 N–H and O–H groups in total. The number of hydrogen-bond donors (Lipinski definition) is 2. The monoisotopic (exact) mass is 444 g/mol. The van der Waals surface area contributed by atoms with Crippen molar-refractivity contribution in [3.8, 4) is 5.88 Å². The second-order valence-corrected chi connectivity index (χ2v) is 6.53. The lowest BCUT2D eigenvalue weighted by Crippen LogP contribution is -2.39. The number of esters is 1. The van der Waals surface area contributed by atoms with Crippen molar-refractivity contribution in [1.82, 2.24) is 9.97 Å². The van der Waals surface area contributed by atoms with Crippen molar-refractivity contribution in [3.05, 3.63) is 17.3 Å². The fourth-order valence-corrected chi connectivity index (χ4v) is 2.78. The number of aromatic nitrogens is 2. The summed E-state index contributed by atoms with van der Waals surface area (Å²) in [5.41, 5.74) is 9.15. The maximum Gasteiger partial charge on any atom is 0.430 e. The second kappa shape index (κ2) is 10.1. The summed E-state index contributed by atoms with van der Waals surface area (Å²) in [7, 11) is 1.18. The molecule has 0 radical (unpaired) electrons. The number of hydrogen-bond acceptors (Lipinski definition) is 10. The van der Waals surface area contributed by atoms with E-state index in [1.165, 1.54) is 7.05 Å². The molecule has 1 aliphatic rings. The summed E-state index contributed by atoms with van der Waals surface area (Å²) in [6, 6.07) is 0. The molecule has 1 fully saturated rings. The summed E-state index contributed by atoms with van der Waals surface area (Å²) in [5.74, 6) is -1.28. The molecular weight excluding hydrogens is 421 g/mol. The lowest BCUT2D eigenvalue weighted by Gasteiger charge is -2.33. The molecule has 170 valence electrons. The number of aldehydes is 1. The maximum absolute atomic E-state index is 12.7. The standard InChI is InChI=1S/C18H23F3N6O4/c1-3-14(29)30-10-4-6-27(7-5-10)15-11(9-28)16(26-17(23)25-15)31-13(24-2)8-12(22)18(19,20)21/h8-10H,3-7,22H2,1-2H3,(H2,23,25,26). The van der Waals surface area contributed by atoms with Crippen LogP contribution in [0, 0.1) is 0 Å². The average Bonchev–Trinajstić information content (AvgIpc) is 2.72. The van der Waals surface area contributed by atoms with E-state index in [0.717, 1.165) is 0 Å². The number of aliphatic imine (C=N–C) groups is 1. The molecule has 1 aromatic rings. The number of ether oxygens (including phenoxy) is 2.